The fourth-order valence-corrected chi connectivity index (χ4v) is 10.5. The third-order valence-electron chi connectivity index (χ3n) is 13.0. The summed E-state index contributed by atoms with van der Waals surface area (Å²) >= 11 is 0. The van der Waals surface area contributed by atoms with Gasteiger partial charge in [-0.05, 0) is 174 Å². The van der Waals surface area contributed by atoms with Crippen LogP contribution in [0.2, 0.25) is 0 Å². The first kappa shape index (κ1) is 41.8. The van der Waals surface area contributed by atoms with Crippen molar-refractivity contribution in [1.82, 2.24) is 4.57 Å². The maximum absolute atomic E-state index is 2.49. The van der Waals surface area contributed by atoms with Gasteiger partial charge in [0.15, 0.2) is 0 Å². The van der Waals surface area contributed by atoms with Crippen molar-refractivity contribution in [3.63, 3.8) is 0 Å². The predicted molar refractivity (Wildman–Crippen MR) is 290 cm³/mol. The average Bonchev–Trinajstić information content (AvgIpc) is 3.74. The number of hydrogen-bond acceptors (Lipinski definition) is 0. The van der Waals surface area contributed by atoms with Crippen LogP contribution >= 0.6 is 10.0 Å². The van der Waals surface area contributed by atoms with Crippen LogP contribution in [0.1, 0.15) is 0 Å². The van der Waals surface area contributed by atoms with Gasteiger partial charge in [-0.2, -0.15) is 0 Å². The van der Waals surface area contributed by atoms with E-state index in [1.807, 2.05) is 0 Å². The maximum atomic E-state index is 2.49. The molecule has 0 unspecified atom stereocenters. The highest BCUT2D eigenvalue weighted by Gasteiger charge is 2.24. The van der Waals surface area contributed by atoms with E-state index in [2.05, 4.69) is 278 Å². The summed E-state index contributed by atoms with van der Waals surface area (Å²) in [5.41, 5.74) is 21.2. The van der Waals surface area contributed by atoms with Crippen molar-refractivity contribution in [1.29, 1.82) is 0 Å². The molecule has 0 aliphatic rings. The molecule has 0 amide bonds. The molecule has 0 atom stereocenters. The first-order valence-electron chi connectivity index (χ1n) is 23.0. The molecule has 0 spiro atoms. The summed E-state index contributed by atoms with van der Waals surface area (Å²) in [6, 6.07) is 93.7. The lowest BCUT2D eigenvalue weighted by Crippen LogP contribution is -1.98. The van der Waals surface area contributed by atoms with Gasteiger partial charge >= 0.3 is 0 Å². The largest absolute Gasteiger partial charge is 0.309 e. The third kappa shape index (κ3) is 8.45. The molecule has 1 nitrogen and oxygen atoms in total. The van der Waals surface area contributed by atoms with Crippen molar-refractivity contribution < 1.29 is 0 Å². The standard InChI is InChI=1S/C65H51NS/c1-67(2,3)61-36-31-51(32-37-61)50-29-34-60(35-30-50)66-63-38-33-53(58-41-54(46-19-9-4-10-20-46)39-55(42-58)47-21-11-5-12-22-47)45-62(63)64(65(66)52-27-17-8-18-28-52)59-43-56(48-23-13-6-14-24-48)40-57(44-59)49-25-15-7-16-26-49/h4-45H,1-3H3. The molecular weight excluding hydrogens is 827 g/mol. The molecule has 0 aliphatic carbocycles. The minimum atomic E-state index is -0.809. The molecule has 0 radical (unpaired) electrons. The summed E-state index contributed by atoms with van der Waals surface area (Å²) in [7, 11) is -0.809. The van der Waals surface area contributed by atoms with Gasteiger partial charge in [-0.15, -0.1) is 0 Å². The lowest BCUT2D eigenvalue weighted by molar-refractivity contribution is 1.14. The zero-order valence-corrected chi connectivity index (χ0v) is 38.9. The van der Waals surface area contributed by atoms with Crippen LogP contribution in [0.15, 0.2) is 260 Å². The fourth-order valence-electron chi connectivity index (χ4n) is 9.51. The number of fused-ring (bicyclic) bond motifs is 1. The molecule has 0 saturated heterocycles. The molecule has 1 aromatic heterocycles. The highest BCUT2D eigenvalue weighted by Crippen LogP contribution is 2.48. The topological polar surface area (TPSA) is 4.93 Å². The summed E-state index contributed by atoms with van der Waals surface area (Å²) in [5.74, 6) is 0. The molecule has 2 heteroatoms. The molecule has 322 valence electrons. The second kappa shape index (κ2) is 17.8. The number of aromatic nitrogens is 1. The zero-order valence-electron chi connectivity index (χ0n) is 38.1. The Bertz CT molecular complexity index is 3360. The lowest BCUT2D eigenvalue weighted by atomic mass is 9.90. The molecule has 67 heavy (non-hydrogen) atoms. The van der Waals surface area contributed by atoms with Crippen LogP contribution in [-0.4, -0.2) is 23.3 Å². The Morgan fingerprint density at radius 3 is 1.00 bits per heavy atom. The fraction of sp³-hybridized carbons (Fsp3) is 0.0462. The second-order valence-corrected chi connectivity index (χ2v) is 22.3. The number of rotatable bonds is 10. The van der Waals surface area contributed by atoms with Gasteiger partial charge in [0.1, 0.15) is 0 Å². The maximum Gasteiger partial charge on any atom is 0.0619 e. The van der Waals surface area contributed by atoms with Gasteiger partial charge in [0.25, 0.3) is 0 Å². The van der Waals surface area contributed by atoms with Gasteiger partial charge in [0.05, 0.1) is 11.2 Å². The minimum absolute atomic E-state index is 0.809. The Balaban J connectivity index is 1.19. The van der Waals surface area contributed by atoms with Crippen molar-refractivity contribution in [2.24, 2.45) is 0 Å². The Labute approximate surface area is 396 Å². The van der Waals surface area contributed by atoms with E-state index in [0.717, 1.165) is 22.5 Å². The van der Waals surface area contributed by atoms with Gasteiger partial charge in [-0.3, -0.25) is 0 Å². The first-order valence-corrected chi connectivity index (χ1v) is 25.9. The van der Waals surface area contributed by atoms with E-state index in [-0.39, 0.29) is 0 Å². The van der Waals surface area contributed by atoms with Gasteiger partial charge < -0.3 is 4.57 Å². The molecule has 0 bridgehead atoms. The zero-order chi connectivity index (χ0) is 45.3. The molecule has 11 aromatic rings. The van der Waals surface area contributed by atoms with Crippen LogP contribution < -0.4 is 0 Å². The van der Waals surface area contributed by atoms with Crippen molar-refractivity contribution in [2.75, 3.05) is 18.8 Å². The number of nitrogens with zero attached hydrogens (tertiary/aromatic N) is 1. The molecule has 0 fully saturated rings. The van der Waals surface area contributed by atoms with Crippen molar-refractivity contribution >= 4 is 20.9 Å². The molecule has 1 heterocycles. The third-order valence-corrected chi connectivity index (χ3v) is 14.6. The molecule has 0 saturated carbocycles. The Hall–Kier alpha value is -7.91. The molecule has 11 rings (SSSR count). The van der Waals surface area contributed by atoms with Crippen molar-refractivity contribution in [3.05, 3.63) is 255 Å². The summed E-state index contributed by atoms with van der Waals surface area (Å²) in [5, 5.41) is 1.19. The summed E-state index contributed by atoms with van der Waals surface area (Å²) < 4.78 is 2.49. The summed E-state index contributed by atoms with van der Waals surface area (Å²) in [6.07, 6.45) is 7.05. The minimum Gasteiger partial charge on any atom is -0.309 e. The molecule has 0 aliphatic heterocycles. The molecule has 0 N–H and O–H groups in total. The van der Waals surface area contributed by atoms with Gasteiger partial charge in [-0.1, -0.05) is 182 Å². The van der Waals surface area contributed by atoms with Crippen LogP contribution in [-0.2, 0) is 0 Å². The van der Waals surface area contributed by atoms with Gasteiger partial charge in [-0.25, -0.2) is 10.0 Å². The van der Waals surface area contributed by atoms with E-state index >= 15 is 0 Å². The summed E-state index contributed by atoms with van der Waals surface area (Å²) in [6.45, 7) is 0. The number of benzene rings is 10. The normalized spacial score (nSPS) is 11.7. The second-order valence-electron chi connectivity index (χ2n) is 18.1. The Kier molecular flexibility index (Phi) is 11.1. The quantitative estimate of drug-likeness (QED) is 0.129. The van der Waals surface area contributed by atoms with Crippen LogP contribution in [0, 0.1) is 0 Å². The average molecular weight is 878 g/mol. The monoisotopic (exact) mass is 877 g/mol. The first-order chi connectivity index (χ1) is 32.8. The SMILES string of the molecule is CS(C)(C)c1ccc(-c2ccc(-n3c(-c4ccccc4)c(-c4cc(-c5ccccc5)cc(-c5ccccc5)c4)c4cc(-c5cc(-c6ccccc6)cc(-c6ccccc6)c5)ccc43)cc2)cc1. The van der Waals surface area contributed by atoms with Crippen LogP contribution in [0.4, 0.5) is 0 Å². The van der Waals surface area contributed by atoms with E-state index in [1.54, 1.807) is 0 Å². The van der Waals surface area contributed by atoms with Gasteiger partial charge in [0.2, 0.25) is 0 Å². The summed E-state index contributed by atoms with van der Waals surface area (Å²) in [4.78, 5) is 1.42. The predicted octanol–water partition coefficient (Wildman–Crippen LogP) is 18.0. The van der Waals surface area contributed by atoms with E-state index in [4.69, 9.17) is 0 Å². The molecular formula is C65H51NS. The van der Waals surface area contributed by atoms with E-state index in [1.165, 1.54) is 88.2 Å². The van der Waals surface area contributed by atoms with Crippen LogP contribution in [0.5, 0.6) is 0 Å². The highest BCUT2D eigenvalue weighted by atomic mass is 32.3. The van der Waals surface area contributed by atoms with Crippen LogP contribution in [0.3, 0.4) is 0 Å². The number of hydrogen-bond donors (Lipinski definition) is 0. The lowest BCUT2D eigenvalue weighted by Gasteiger charge is -2.25. The van der Waals surface area contributed by atoms with Gasteiger partial charge in [0, 0.05) is 16.6 Å². The highest BCUT2D eigenvalue weighted by molar-refractivity contribution is 8.32. The Morgan fingerprint density at radius 2 is 0.597 bits per heavy atom. The van der Waals surface area contributed by atoms with Crippen LogP contribution in [0.25, 0.3) is 106 Å². The van der Waals surface area contributed by atoms with Crippen molar-refractivity contribution in [3.8, 4) is 94.8 Å². The van der Waals surface area contributed by atoms with E-state index < -0.39 is 10.0 Å². The molecule has 10 aromatic carbocycles. The van der Waals surface area contributed by atoms with Crippen molar-refractivity contribution in [2.45, 2.75) is 4.90 Å². The smallest absolute Gasteiger partial charge is 0.0619 e. The van der Waals surface area contributed by atoms with E-state index in [0.29, 0.717) is 0 Å². The Morgan fingerprint density at radius 1 is 0.269 bits per heavy atom. The van der Waals surface area contributed by atoms with E-state index in [9.17, 15) is 0 Å².